The third-order valence-corrected chi connectivity index (χ3v) is 21.3. The second-order valence-electron chi connectivity index (χ2n) is 24.4. The van der Waals surface area contributed by atoms with Gasteiger partial charge in [0.15, 0.2) is 9.82 Å². The van der Waals surface area contributed by atoms with Crippen LogP contribution < -0.4 is 45.4 Å². The fourth-order valence-corrected chi connectivity index (χ4v) is 14.1. The number of nitrogens with two attached hydrogens (primary N) is 3. The number of anilines is 1. The number of ether oxygens (including phenoxy) is 3. The average molecular weight is 1720 g/mol. The second-order valence-corrected chi connectivity index (χ2v) is 32.2. The van der Waals surface area contributed by atoms with Gasteiger partial charge in [0.2, 0.25) is 5.15 Å². The van der Waals surface area contributed by atoms with E-state index in [0.717, 1.165) is 99.3 Å². The molecule has 19 nitrogen and oxygen atoms in total. The molecule has 1 fully saturated rings. The zero-order valence-electron chi connectivity index (χ0n) is 56.5. The lowest BCUT2D eigenvalue weighted by Gasteiger charge is -2.31. The number of benzene rings is 4. The molecular formula is C71H75Br3Cl4N12O7S4. The number of aromatic nitrogens is 8. The number of carbonyl (C=O) groups is 2. The minimum absolute atomic E-state index is 0. The van der Waals surface area contributed by atoms with E-state index >= 15 is 0 Å². The van der Waals surface area contributed by atoms with Crippen molar-refractivity contribution >= 4 is 169 Å². The molecule has 30 heteroatoms. The predicted octanol–water partition coefficient (Wildman–Crippen LogP) is 13.3. The van der Waals surface area contributed by atoms with Crippen LogP contribution in [0.25, 0.3) is 21.8 Å². The summed E-state index contributed by atoms with van der Waals surface area (Å²) < 4.78 is 29.3. The van der Waals surface area contributed by atoms with Crippen LogP contribution in [0.4, 0.5) is 11.4 Å². The number of halogens is 7. The molecule has 0 atom stereocenters. The fourth-order valence-electron chi connectivity index (χ4n) is 9.02. The number of methoxy groups -OCH3 is 2. The van der Waals surface area contributed by atoms with Gasteiger partial charge in [-0.2, -0.15) is 4.37 Å². The number of hydrogen-bond acceptors (Lipinski definition) is 20. The number of terminal acetylenes is 1. The van der Waals surface area contributed by atoms with Gasteiger partial charge >= 0.3 is 26.6 Å². The van der Waals surface area contributed by atoms with Gasteiger partial charge in [-0.15, -0.1) is 10.8 Å². The molecule has 9 heterocycles. The summed E-state index contributed by atoms with van der Waals surface area (Å²) in [7, 11) is 7.91. The largest absolute Gasteiger partial charge is 1.00 e. The highest BCUT2D eigenvalue weighted by molar-refractivity contribution is 9.11. The Morgan fingerprint density at radius 2 is 1.22 bits per heavy atom. The molecule has 13 rings (SSSR count). The summed E-state index contributed by atoms with van der Waals surface area (Å²) in [6.07, 6.45) is 14.8. The first kappa shape index (κ1) is 85.2. The van der Waals surface area contributed by atoms with Crippen LogP contribution in [0.3, 0.4) is 0 Å². The summed E-state index contributed by atoms with van der Waals surface area (Å²) in [5, 5.41) is 2.11. The van der Waals surface area contributed by atoms with E-state index in [1.165, 1.54) is 68.8 Å². The lowest BCUT2D eigenvalue weighted by molar-refractivity contribution is -0.0000499. The maximum Gasteiger partial charge on any atom is 0.354 e. The monoisotopic (exact) mass is 1710 g/mol. The first-order valence-corrected chi connectivity index (χ1v) is 38.6. The number of aryl methyl sites for hydroxylation is 2. The molecular weight excluding hydrogens is 1640 g/mol. The normalized spacial score (nSPS) is 13.4. The summed E-state index contributed by atoms with van der Waals surface area (Å²) >= 11 is 26.7. The van der Waals surface area contributed by atoms with Gasteiger partial charge in [-0.3, -0.25) is 18.7 Å². The van der Waals surface area contributed by atoms with Crippen molar-refractivity contribution in [3.8, 4) is 24.2 Å². The summed E-state index contributed by atoms with van der Waals surface area (Å²) in [5.74, 6) is 9.51. The van der Waals surface area contributed by atoms with Crippen molar-refractivity contribution in [2.24, 2.45) is 32.7 Å². The van der Waals surface area contributed by atoms with Crippen LogP contribution in [0.1, 0.15) is 117 Å². The number of esters is 2. The number of nitrogen functional groups attached to an aromatic ring is 1. The van der Waals surface area contributed by atoms with Gasteiger partial charge in [-0.25, -0.2) is 34.5 Å². The van der Waals surface area contributed by atoms with Crippen LogP contribution in [0.2, 0.25) is 14.6 Å². The highest BCUT2D eigenvalue weighted by atomic mass is 79.9. The molecule has 0 bridgehead atoms. The van der Waals surface area contributed by atoms with Gasteiger partial charge in [0.05, 0.1) is 52.8 Å². The molecule has 6 aromatic heterocycles. The zero-order valence-corrected chi connectivity index (χ0v) is 67.6. The molecule has 3 aliphatic rings. The van der Waals surface area contributed by atoms with Gasteiger partial charge in [0.25, 0.3) is 21.7 Å². The minimum Gasteiger partial charge on any atom is -1.00 e. The maximum absolute atomic E-state index is 12.8. The Morgan fingerprint density at radius 3 is 1.65 bits per heavy atom. The summed E-state index contributed by atoms with van der Waals surface area (Å²) in [5.41, 5.74) is 22.3. The second kappa shape index (κ2) is 41.8. The van der Waals surface area contributed by atoms with Crippen LogP contribution >= 0.6 is 124 Å². The van der Waals surface area contributed by atoms with E-state index < -0.39 is 11.9 Å². The summed E-state index contributed by atoms with van der Waals surface area (Å²) in [4.78, 5) is 69.7. The van der Waals surface area contributed by atoms with E-state index in [-0.39, 0.29) is 39.8 Å². The number of rotatable bonds is 5. The minimum atomic E-state index is -0.439. The Balaban J connectivity index is 0.000000219. The van der Waals surface area contributed by atoms with Crippen molar-refractivity contribution < 1.29 is 36.2 Å². The summed E-state index contributed by atoms with van der Waals surface area (Å²) in [6, 6.07) is 32.5. The molecule has 0 radical (unpaired) electrons. The topological polar surface area (TPSA) is 274 Å². The Kier molecular flexibility index (Phi) is 35.2. The fraction of sp³-hybridized carbons (Fsp3) is 0.324. The van der Waals surface area contributed by atoms with Crippen LogP contribution in [0.5, 0.6) is 0 Å². The number of pyridine rings is 2. The van der Waals surface area contributed by atoms with Crippen molar-refractivity contribution in [3.05, 3.63) is 215 Å². The average Bonchev–Trinajstić information content (AvgIpc) is 1.44. The van der Waals surface area contributed by atoms with Gasteiger partial charge in [-0.1, -0.05) is 137 Å². The predicted molar refractivity (Wildman–Crippen MR) is 418 cm³/mol. The standard InChI is InChI=1S/C21H19N3O.C14H15BrN2O.C10H6BrClN2O2S2.C8H8BrNO2.C7H5N.C5H14N2.C4H8O.C2Cl2NS2.ClH/c1-21(2)11-10-19-23-18-13-15(6-8-16-5-3-4-12-22-16)7-9-17(18)20(25)24(19)14-21;1-14(2)6-5-12-16-11-7-9(15)3-4-10(11)13(18)17(12)8-14;1-16-10(15)6-3-2-5(11)4-7(6)13-9-8(12)14-18-17-9;1-12-8(11)6-3-2-5(9)4-7(6)10;1-2-7-5-3-4-6-8-7;1-5(2,3-6)4-7;1-2-4-5-3-1;3-1-2(4)6-7-5-1;/h3-5,7,9,12-13H,10-11,14H2,1-2H3;3-4,7H,5-6,8H2,1-2H3;2-4H,1H3;2-4H,10H2,1H3;1,3-6H;3-4,6-7H2,1-2H3;1-4H2;;1H/q;;;;;;;+1;/p-1. The van der Waals surface area contributed by atoms with E-state index in [1.807, 2.05) is 89.7 Å². The number of hydrogen-bond donors (Lipinski definition) is 3. The highest BCUT2D eigenvalue weighted by Gasteiger charge is 2.29. The number of fused-ring (bicyclic) bond motifs is 4. The Hall–Kier alpha value is -6.44. The van der Waals surface area contributed by atoms with E-state index in [1.54, 1.807) is 54.9 Å². The van der Waals surface area contributed by atoms with Crippen molar-refractivity contribution in [1.29, 1.82) is 0 Å². The molecule has 0 aliphatic carbocycles. The highest BCUT2D eigenvalue weighted by Crippen LogP contribution is 2.32. The lowest BCUT2D eigenvalue weighted by Crippen LogP contribution is -3.00. The van der Waals surface area contributed by atoms with Gasteiger partial charge in [-0.05, 0) is 180 Å². The molecule has 534 valence electrons. The molecule has 1 saturated heterocycles. The first-order chi connectivity index (χ1) is 47.6. The van der Waals surface area contributed by atoms with E-state index in [4.69, 9.17) is 72.9 Å². The third kappa shape index (κ3) is 27.3. The van der Waals surface area contributed by atoms with E-state index in [2.05, 4.69) is 127 Å². The van der Waals surface area contributed by atoms with Crippen molar-refractivity contribution in [1.82, 2.24) is 37.8 Å². The Morgan fingerprint density at radius 1 is 0.703 bits per heavy atom. The van der Waals surface area contributed by atoms with Crippen molar-refractivity contribution in [2.75, 3.05) is 46.3 Å². The summed E-state index contributed by atoms with van der Waals surface area (Å²) in [6.45, 7) is 17.7. The number of carbonyl (C=O) groups excluding carboxylic acids is 2. The molecule has 10 aromatic rings. The Bertz CT molecular complexity index is 4680. The van der Waals surface area contributed by atoms with Gasteiger partial charge in [0, 0.05) is 86.7 Å². The van der Waals surface area contributed by atoms with Crippen LogP contribution in [0, 0.1) is 40.4 Å². The molecule has 3 aliphatic heterocycles. The van der Waals surface area contributed by atoms with Crippen LogP contribution in [-0.2, 0) is 40.1 Å². The van der Waals surface area contributed by atoms with Gasteiger partial charge < -0.3 is 43.8 Å². The van der Waals surface area contributed by atoms with Crippen LogP contribution in [-0.4, -0.2) is 90.3 Å². The zero-order chi connectivity index (χ0) is 73.2. The SMILES string of the molecule is C#Cc1ccccn1.C1CCOC1.CC(C)(CN)CN.CC1(C)CCc2nc3cc(Br)ccc3c(=O)n2C1.CC1(C)CCc2nc3cc(C#Cc4ccccn4)ccc3c(=O)n2C1.COC(=O)c1ccc(Br)cc1N.COC(=O)c1ccc(Br)cc1N=c1ssnc1Cl.Clc1ns[s+]c1Cl.[Cl-]. The molecule has 101 heavy (non-hydrogen) atoms. The maximum atomic E-state index is 12.8. The molecule has 6 N–H and O–H groups in total. The van der Waals surface area contributed by atoms with E-state index in [9.17, 15) is 19.2 Å². The Labute approximate surface area is 648 Å². The van der Waals surface area contributed by atoms with Crippen molar-refractivity contribution in [2.45, 2.75) is 93.2 Å². The third-order valence-electron chi connectivity index (χ3n) is 14.8. The smallest absolute Gasteiger partial charge is 0.354 e. The lowest BCUT2D eigenvalue weighted by atomic mass is 9.85. The van der Waals surface area contributed by atoms with Gasteiger partial charge in [0.1, 0.15) is 23.0 Å². The molecule has 0 spiro atoms. The van der Waals surface area contributed by atoms with E-state index in [0.29, 0.717) is 71.4 Å². The molecule has 0 saturated carbocycles. The molecule has 0 unspecified atom stereocenters. The molecule has 4 aromatic carbocycles. The quantitative estimate of drug-likeness (QED) is 0.0475. The molecule has 0 amide bonds. The number of nitrogens with zero attached hydrogens (tertiary/aromatic N) is 9. The first-order valence-electron chi connectivity index (χ1n) is 30.9. The van der Waals surface area contributed by atoms with Crippen LogP contribution in [0.15, 0.2) is 150 Å². The van der Waals surface area contributed by atoms with Crippen molar-refractivity contribution in [3.63, 3.8) is 0 Å².